The Morgan fingerprint density at radius 1 is 0.391 bits per heavy atom. The third kappa shape index (κ3) is 4.78. The fourth-order valence-electron chi connectivity index (χ4n) is 6.76. The van der Waals surface area contributed by atoms with Crippen LogP contribution in [0.4, 0.5) is 17.1 Å². The molecule has 1 aliphatic carbocycles. The zero-order valence-electron chi connectivity index (χ0n) is 25.3. The summed E-state index contributed by atoms with van der Waals surface area (Å²) in [5.74, 6) is 7.48. The van der Waals surface area contributed by atoms with Gasteiger partial charge in [0, 0.05) is 22.6 Å². The molecule has 46 heavy (non-hydrogen) atoms. The lowest BCUT2D eigenvalue weighted by Crippen LogP contribution is -2.25. The van der Waals surface area contributed by atoms with E-state index >= 15 is 0 Å². The second-order valence-electron chi connectivity index (χ2n) is 11.6. The normalized spacial score (nSPS) is 14.4. The van der Waals surface area contributed by atoms with Gasteiger partial charge in [-0.25, -0.2) is 0 Å². The quantitative estimate of drug-likeness (QED) is 0.182. The van der Waals surface area contributed by atoms with Gasteiger partial charge in [0.15, 0.2) is 0 Å². The maximum atomic E-state index is 3.88. The van der Waals surface area contributed by atoms with Gasteiger partial charge in [-0.05, 0) is 87.5 Å². The zero-order valence-corrected chi connectivity index (χ0v) is 25.3. The van der Waals surface area contributed by atoms with E-state index in [9.17, 15) is 0 Å². The Balaban J connectivity index is 1.38. The fraction of sp³-hybridized carbons (Fsp3) is 0.0222. The van der Waals surface area contributed by atoms with E-state index in [0.717, 1.165) is 28.2 Å². The topological polar surface area (TPSA) is 3.24 Å². The standard InChI is InChI=1S/C45H31N/c1-5-15-34(16-6-1)31-32-45(37-27-25-36(26-28-37)35-17-7-2-8-18-35)43-24-14-13-23-41(43)42-30-29-40(33-44(42)45)46(38-19-9-3-10-20-38)39-21-11-4-12-22-39/h1-30,33H. The van der Waals surface area contributed by atoms with Gasteiger partial charge < -0.3 is 4.90 Å². The van der Waals surface area contributed by atoms with Crippen LogP contribution >= 0.6 is 0 Å². The molecule has 0 heterocycles. The summed E-state index contributed by atoms with van der Waals surface area (Å²) in [5, 5.41) is 0. The van der Waals surface area contributed by atoms with Gasteiger partial charge in [0.1, 0.15) is 5.41 Å². The summed E-state index contributed by atoms with van der Waals surface area (Å²) in [5.41, 5.74) is 12.0. The Bertz CT molecular complexity index is 2140. The van der Waals surface area contributed by atoms with Crippen LogP contribution in [0, 0.1) is 11.8 Å². The van der Waals surface area contributed by atoms with E-state index in [4.69, 9.17) is 0 Å². The molecule has 7 aromatic carbocycles. The summed E-state index contributed by atoms with van der Waals surface area (Å²) < 4.78 is 0. The molecule has 0 N–H and O–H groups in total. The maximum absolute atomic E-state index is 3.88. The van der Waals surface area contributed by atoms with Crippen molar-refractivity contribution < 1.29 is 0 Å². The number of para-hydroxylation sites is 2. The highest BCUT2D eigenvalue weighted by molar-refractivity contribution is 5.89. The molecule has 1 unspecified atom stereocenters. The maximum Gasteiger partial charge on any atom is 0.108 e. The molecule has 216 valence electrons. The van der Waals surface area contributed by atoms with Crippen LogP contribution < -0.4 is 4.90 Å². The first-order valence-electron chi connectivity index (χ1n) is 15.7. The van der Waals surface area contributed by atoms with E-state index in [0.29, 0.717) is 0 Å². The van der Waals surface area contributed by atoms with E-state index in [1.54, 1.807) is 0 Å². The molecule has 0 aromatic heterocycles. The molecule has 0 spiro atoms. The summed E-state index contributed by atoms with van der Waals surface area (Å²) in [6, 6.07) is 66.7. The fourth-order valence-corrected chi connectivity index (χ4v) is 6.76. The van der Waals surface area contributed by atoms with Crippen LogP contribution in [0.25, 0.3) is 22.3 Å². The number of hydrogen-bond donors (Lipinski definition) is 0. The number of anilines is 3. The minimum absolute atomic E-state index is 0.675. The molecule has 0 saturated carbocycles. The molecular weight excluding hydrogens is 555 g/mol. The number of benzene rings is 7. The van der Waals surface area contributed by atoms with Gasteiger partial charge in [0.05, 0.1) is 0 Å². The van der Waals surface area contributed by atoms with Gasteiger partial charge in [-0.1, -0.05) is 151 Å². The molecule has 0 saturated heterocycles. The minimum atomic E-state index is -0.675. The van der Waals surface area contributed by atoms with Gasteiger partial charge in [-0.2, -0.15) is 0 Å². The first-order chi connectivity index (χ1) is 22.8. The molecule has 1 atom stereocenters. The summed E-state index contributed by atoms with van der Waals surface area (Å²) in [6.07, 6.45) is 0. The lowest BCUT2D eigenvalue weighted by molar-refractivity contribution is 0.837. The Morgan fingerprint density at radius 3 is 1.57 bits per heavy atom. The van der Waals surface area contributed by atoms with Crippen molar-refractivity contribution in [3.8, 4) is 34.1 Å². The summed E-state index contributed by atoms with van der Waals surface area (Å²) >= 11 is 0. The number of hydrogen-bond acceptors (Lipinski definition) is 1. The van der Waals surface area contributed by atoms with Crippen LogP contribution in [0.15, 0.2) is 188 Å². The van der Waals surface area contributed by atoms with E-state index in [1.807, 2.05) is 6.07 Å². The minimum Gasteiger partial charge on any atom is -0.310 e. The first-order valence-corrected chi connectivity index (χ1v) is 15.7. The van der Waals surface area contributed by atoms with Crippen molar-refractivity contribution in [3.05, 3.63) is 210 Å². The van der Waals surface area contributed by atoms with E-state index in [2.05, 4.69) is 199 Å². The molecule has 0 radical (unpaired) electrons. The lowest BCUT2D eigenvalue weighted by Gasteiger charge is -2.30. The summed E-state index contributed by atoms with van der Waals surface area (Å²) in [7, 11) is 0. The highest BCUT2D eigenvalue weighted by Gasteiger charge is 2.44. The average molecular weight is 586 g/mol. The van der Waals surface area contributed by atoms with Crippen molar-refractivity contribution in [1.29, 1.82) is 0 Å². The van der Waals surface area contributed by atoms with Crippen molar-refractivity contribution in [1.82, 2.24) is 0 Å². The monoisotopic (exact) mass is 585 g/mol. The van der Waals surface area contributed by atoms with Crippen LogP contribution in [-0.2, 0) is 5.41 Å². The van der Waals surface area contributed by atoms with Gasteiger partial charge in [0.2, 0.25) is 0 Å². The van der Waals surface area contributed by atoms with Crippen molar-refractivity contribution in [2.75, 3.05) is 4.90 Å². The Labute approximate surface area is 271 Å². The molecule has 1 heteroatoms. The second kappa shape index (κ2) is 11.8. The highest BCUT2D eigenvalue weighted by Crippen LogP contribution is 2.54. The van der Waals surface area contributed by atoms with E-state index in [1.165, 1.54) is 33.4 Å². The van der Waals surface area contributed by atoms with E-state index < -0.39 is 5.41 Å². The van der Waals surface area contributed by atoms with Gasteiger partial charge in [0.25, 0.3) is 0 Å². The first kappa shape index (κ1) is 27.4. The molecule has 1 aliphatic rings. The Hall–Kier alpha value is -6.10. The van der Waals surface area contributed by atoms with Crippen LogP contribution in [-0.4, -0.2) is 0 Å². The zero-order chi connectivity index (χ0) is 30.8. The van der Waals surface area contributed by atoms with Gasteiger partial charge >= 0.3 is 0 Å². The van der Waals surface area contributed by atoms with Crippen LogP contribution in [0.3, 0.4) is 0 Å². The van der Waals surface area contributed by atoms with Crippen molar-refractivity contribution >= 4 is 17.1 Å². The predicted molar refractivity (Wildman–Crippen MR) is 192 cm³/mol. The SMILES string of the molecule is C(#CC1(c2ccc(-c3ccccc3)cc2)c2ccccc2-c2ccc(N(c3ccccc3)c3ccccc3)cc21)c1ccccc1. The molecule has 0 amide bonds. The molecule has 0 fully saturated rings. The third-order valence-electron chi connectivity index (χ3n) is 8.91. The van der Waals surface area contributed by atoms with Gasteiger partial charge in [-0.3, -0.25) is 0 Å². The number of fused-ring (bicyclic) bond motifs is 3. The van der Waals surface area contributed by atoms with Crippen LogP contribution in [0.2, 0.25) is 0 Å². The lowest BCUT2D eigenvalue weighted by atomic mass is 9.72. The van der Waals surface area contributed by atoms with Crippen molar-refractivity contribution in [2.24, 2.45) is 0 Å². The molecule has 0 aliphatic heterocycles. The smallest absolute Gasteiger partial charge is 0.108 e. The Kier molecular flexibility index (Phi) is 7.02. The average Bonchev–Trinajstić information content (AvgIpc) is 3.42. The van der Waals surface area contributed by atoms with Crippen molar-refractivity contribution in [2.45, 2.75) is 5.41 Å². The van der Waals surface area contributed by atoms with Crippen LogP contribution in [0.5, 0.6) is 0 Å². The van der Waals surface area contributed by atoms with Crippen LogP contribution in [0.1, 0.15) is 22.3 Å². The highest BCUT2D eigenvalue weighted by atomic mass is 15.1. The number of rotatable bonds is 5. The summed E-state index contributed by atoms with van der Waals surface area (Å²) in [6.45, 7) is 0. The van der Waals surface area contributed by atoms with Crippen molar-refractivity contribution in [3.63, 3.8) is 0 Å². The largest absolute Gasteiger partial charge is 0.310 e. The number of nitrogens with zero attached hydrogens (tertiary/aromatic N) is 1. The third-order valence-corrected chi connectivity index (χ3v) is 8.91. The summed E-state index contributed by atoms with van der Waals surface area (Å²) in [4.78, 5) is 2.33. The molecule has 8 rings (SSSR count). The Morgan fingerprint density at radius 2 is 0.913 bits per heavy atom. The second-order valence-corrected chi connectivity index (χ2v) is 11.6. The molecule has 1 nitrogen and oxygen atoms in total. The van der Waals surface area contributed by atoms with E-state index in [-0.39, 0.29) is 0 Å². The molecular formula is C45H31N. The van der Waals surface area contributed by atoms with Gasteiger partial charge in [-0.15, -0.1) is 0 Å². The predicted octanol–water partition coefficient (Wildman–Crippen LogP) is 11.2. The molecule has 7 aromatic rings. The molecule has 0 bridgehead atoms.